The van der Waals surface area contributed by atoms with E-state index in [0.717, 1.165) is 25.3 Å². The van der Waals surface area contributed by atoms with Crippen molar-refractivity contribution in [2.75, 3.05) is 39.2 Å². The van der Waals surface area contributed by atoms with Gasteiger partial charge in [-0.15, -0.1) is 13.2 Å². The Morgan fingerprint density at radius 2 is 1.64 bits per heavy atom. The Morgan fingerprint density at radius 3 is 2.25 bits per heavy atom. The summed E-state index contributed by atoms with van der Waals surface area (Å²) < 4.78 is 90.3. The number of likely N-dealkylation sites (N-methyl/N-ethyl adjacent to an activating group) is 1. The lowest BCUT2D eigenvalue weighted by atomic mass is 9.82. The van der Waals surface area contributed by atoms with E-state index in [-0.39, 0.29) is 52.7 Å². The summed E-state index contributed by atoms with van der Waals surface area (Å²) in [6, 6.07) is 11.4. The zero-order valence-corrected chi connectivity index (χ0v) is 31.5. The zero-order valence-electron chi connectivity index (χ0n) is 30.0. The molecule has 0 saturated heterocycles. The molecule has 0 aliphatic carbocycles. The molecule has 0 saturated carbocycles. The number of alkyl halides is 3. The van der Waals surface area contributed by atoms with Crippen molar-refractivity contribution in [3.05, 3.63) is 76.8 Å². The summed E-state index contributed by atoms with van der Waals surface area (Å²) in [4.78, 5) is 41.5. The zero-order chi connectivity index (χ0) is 39.5. The molecule has 288 valence electrons. The van der Waals surface area contributed by atoms with Gasteiger partial charge in [0.25, 0.3) is 15.9 Å². The van der Waals surface area contributed by atoms with Gasteiger partial charge in [0.05, 0.1) is 25.9 Å². The quantitative estimate of drug-likeness (QED) is 0.210. The molecule has 3 aromatic rings. The fourth-order valence-electron chi connectivity index (χ4n) is 5.81. The number of sulfonamides is 1. The highest BCUT2D eigenvalue weighted by molar-refractivity contribution is 7.93. The molecule has 1 aliphatic heterocycles. The number of hydrogen-bond acceptors (Lipinski definition) is 10. The van der Waals surface area contributed by atoms with Crippen molar-refractivity contribution in [1.29, 1.82) is 0 Å². The number of methoxy groups -OCH3 is 2. The number of carbonyl (C=O) groups is 3. The van der Waals surface area contributed by atoms with Gasteiger partial charge >= 0.3 is 12.5 Å². The number of halogens is 4. The number of rotatable bonds is 13. The normalized spacial score (nSPS) is 16.4. The fraction of sp³-hybridized carbons (Fsp3) is 0.400. The SMILES string of the molecule is COc1ccc(S(=O)(=O)N2C(=O)C(N[C@@H](CCCNC(=O)OC(C)(C)C)C(=O)N(C)C)(c3ccccc3OC)c3cc(Cl)ccc32)c(OC(F)(F)F)c1. The minimum atomic E-state index is -5.32. The van der Waals surface area contributed by atoms with Crippen LogP contribution in [0.3, 0.4) is 0 Å². The van der Waals surface area contributed by atoms with E-state index in [1.54, 1.807) is 32.9 Å². The second kappa shape index (κ2) is 15.7. The smallest absolute Gasteiger partial charge is 0.497 e. The predicted octanol–water partition coefficient (Wildman–Crippen LogP) is 5.59. The Labute approximate surface area is 310 Å². The van der Waals surface area contributed by atoms with Gasteiger partial charge in [0.15, 0.2) is 11.3 Å². The summed E-state index contributed by atoms with van der Waals surface area (Å²) in [5, 5.41) is 5.81. The van der Waals surface area contributed by atoms with Crippen molar-refractivity contribution in [2.24, 2.45) is 0 Å². The molecule has 0 radical (unpaired) electrons. The van der Waals surface area contributed by atoms with E-state index >= 15 is 4.79 Å². The van der Waals surface area contributed by atoms with Crippen LogP contribution in [0.2, 0.25) is 5.02 Å². The third-order valence-corrected chi connectivity index (χ3v) is 9.93. The highest BCUT2D eigenvalue weighted by Gasteiger charge is 2.59. The highest BCUT2D eigenvalue weighted by atomic mass is 35.5. The van der Waals surface area contributed by atoms with Crippen LogP contribution in [0.25, 0.3) is 0 Å². The largest absolute Gasteiger partial charge is 0.573 e. The van der Waals surface area contributed by atoms with Crippen LogP contribution in [0.1, 0.15) is 44.7 Å². The van der Waals surface area contributed by atoms with Gasteiger partial charge in [-0.3, -0.25) is 14.9 Å². The Balaban J connectivity index is 1.93. The Morgan fingerprint density at radius 1 is 0.962 bits per heavy atom. The highest BCUT2D eigenvalue weighted by Crippen LogP contribution is 2.51. The number of anilines is 1. The molecule has 4 rings (SSSR count). The van der Waals surface area contributed by atoms with Crippen LogP contribution in [-0.2, 0) is 29.9 Å². The maximum atomic E-state index is 15.2. The van der Waals surface area contributed by atoms with E-state index in [4.69, 9.17) is 25.8 Å². The monoisotopic (exact) mass is 784 g/mol. The number of para-hydroxylation sites is 1. The van der Waals surface area contributed by atoms with Crippen LogP contribution in [-0.4, -0.2) is 84.1 Å². The number of alkyl carbamates (subject to hydrolysis) is 1. The van der Waals surface area contributed by atoms with Gasteiger partial charge in [-0.1, -0.05) is 29.8 Å². The lowest BCUT2D eigenvalue weighted by molar-refractivity contribution is -0.275. The van der Waals surface area contributed by atoms with Crippen LogP contribution in [0, 0.1) is 0 Å². The molecule has 1 unspecified atom stereocenters. The summed E-state index contributed by atoms with van der Waals surface area (Å²) in [6.45, 7) is 5.16. The molecule has 0 spiro atoms. The van der Waals surface area contributed by atoms with Gasteiger partial charge in [0.2, 0.25) is 5.91 Å². The molecule has 53 heavy (non-hydrogen) atoms. The Kier molecular flexibility index (Phi) is 12.2. The third-order valence-electron chi connectivity index (χ3n) is 7.96. The first-order valence-corrected chi connectivity index (χ1v) is 17.9. The number of amides is 3. The second-order valence-corrected chi connectivity index (χ2v) is 15.2. The van der Waals surface area contributed by atoms with Crippen LogP contribution in [0.15, 0.2) is 65.6 Å². The first kappa shape index (κ1) is 41.0. The number of ether oxygens (including phenoxy) is 4. The molecule has 0 aromatic heterocycles. The number of benzene rings is 3. The summed E-state index contributed by atoms with van der Waals surface area (Å²) in [5.41, 5.74) is -3.25. The van der Waals surface area contributed by atoms with Gasteiger partial charge < -0.3 is 29.2 Å². The first-order valence-electron chi connectivity index (χ1n) is 16.1. The standard InChI is InChI=1S/C35H40ClF3N4O9S/c1-33(2,3)52-32(46)40-18-10-12-25(30(44)42(4)5)41-34(23-11-8-9-13-27(23)50-7)24-19-21(36)14-16-26(24)43(31(34)45)53(47,48)29-17-15-22(49-6)20-28(29)51-35(37,38)39/h8-9,11,13-17,19-20,25,41H,10,12,18H2,1-7H3,(H,40,46)/t25-,34?/m0/s1. The summed E-state index contributed by atoms with van der Waals surface area (Å²) in [6.07, 6.45) is -5.82. The van der Waals surface area contributed by atoms with Crippen LogP contribution in [0.5, 0.6) is 17.2 Å². The van der Waals surface area contributed by atoms with Gasteiger partial charge in [0, 0.05) is 42.9 Å². The fourth-order valence-corrected chi connectivity index (χ4v) is 7.54. The van der Waals surface area contributed by atoms with E-state index in [1.807, 2.05) is 0 Å². The van der Waals surface area contributed by atoms with Gasteiger partial charge in [0.1, 0.15) is 22.0 Å². The maximum absolute atomic E-state index is 15.2. The third kappa shape index (κ3) is 8.91. The molecular weight excluding hydrogens is 745 g/mol. The number of carbonyl (C=O) groups excluding carboxylic acids is 3. The second-order valence-electron chi connectivity index (χ2n) is 13.0. The molecule has 18 heteroatoms. The average Bonchev–Trinajstić information content (AvgIpc) is 3.31. The molecule has 1 heterocycles. The van der Waals surface area contributed by atoms with E-state index < -0.39 is 62.1 Å². The Bertz CT molecular complexity index is 1970. The van der Waals surface area contributed by atoms with Crippen molar-refractivity contribution < 1.29 is 54.9 Å². The van der Waals surface area contributed by atoms with Gasteiger partial charge in [-0.05, 0) is 70.0 Å². The maximum Gasteiger partial charge on any atom is 0.573 e. The molecule has 1 aliphatic rings. The molecule has 0 fully saturated rings. The van der Waals surface area contributed by atoms with E-state index in [1.165, 1.54) is 56.4 Å². The van der Waals surface area contributed by atoms with E-state index in [2.05, 4.69) is 15.4 Å². The number of nitrogens with one attached hydrogen (secondary N) is 2. The van der Waals surface area contributed by atoms with Crippen molar-refractivity contribution in [1.82, 2.24) is 15.5 Å². The Hall–Kier alpha value is -4.74. The van der Waals surface area contributed by atoms with E-state index in [0.29, 0.717) is 4.31 Å². The van der Waals surface area contributed by atoms with Crippen LogP contribution in [0.4, 0.5) is 23.7 Å². The lowest BCUT2D eigenvalue weighted by Crippen LogP contribution is -2.59. The summed E-state index contributed by atoms with van der Waals surface area (Å²) >= 11 is 6.47. The average molecular weight is 785 g/mol. The van der Waals surface area contributed by atoms with Gasteiger partial charge in [-0.2, -0.15) is 0 Å². The molecule has 0 bridgehead atoms. The first-order chi connectivity index (χ1) is 24.7. The predicted molar refractivity (Wildman–Crippen MR) is 189 cm³/mol. The minimum absolute atomic E-state index is 0.00168. The molecule has 3 amide bonds. The van der Waals surface area contributed by atoms with Gasteiger partial charge in [-0.25, -0.2) is 17.5 Å². The minimum Gasteiger partial charge on any atom is -0.497 e. The molecule has 13 nitrogen and oxygen atoms in total. The topological polar surface area (TPSA) is 153 Å². The van der Waals surface area contributed by atoms with Crippen molar-refractivity contribution >= 4 is 45.2 Å². The number of fused-ring (bicyclic) bond motifs is 1. The van der Waals surface area contributed by atoms with E-state index in [9.17, 15) is 31.2 Å². The molecule has 3 aromatic carbocycles. The van der Waals surface area contributed by atoms with Crippen molar-refractivity contribution in [3.63, 3.8) is 0 Å². The summed E-state index contributed by atoms with van der Waals surface area (Å²) in [5.74, 6) is -2.94. The van der Waals surface area contributed by atoms with Crippen molar-refractivity contribution in [2.45, 2.75) is 62.1 Å². The van der Waals surface area contributed by atoms with Crippen molar-refractivity contribution in [3.8, 4) is 17.2 Å². The molecule has 2 N–H and O–H groups in total. The van der Waals surface area contributed by atoms with Crippen LogP contribution < -0.4 is 29.1 Å². The molecule has 2 atom stereocenters. The lowest BCUT2D eigenvalue weighted by Gasteiger charge is -2.36. The van der Waals surface area contributed by atoms with Crippen LogP contribution >= 0.6 is 11.6 Å². The summed E-state index contributed by atoms with van der Waals surface area (Å²) in [7, 11) is 0.213. The number of nitrogens with zero attached hydrogens (tertiary/aromatic N) is 2. The molecular formula is C35H40ClF3N4O9S. The number of hydrogen-bond donors (Lipinski definition) is 2.